The normalized spacial score (nSPS) is 10.9. The van der Waals surface area contributed by atoms with Crippen molar-refractivity contribution in [2.75, 3.05) is 0 Å². The number of H-pyrrole nitrogens is 2. The maximum Gasteiger partial charge on any atom is 0.293 e. The molecule has 2 heterocycles. The molecule has 146 valence electrons. The Morgan fingerprint density at radius 1 is 0.900 bits per heavy atom. The average molecular weight is 393 g/mol. The lowest BCUT2D eigenvalue weighted by molar-refractivity contribution is -0.129. The average Bonchev–Trinajstić information content (AvgIpc) is 3.43. The number of hydrogen-bond acceptors (Lipinski definition) is 3. The lowest BCUT2D eigenvalue weighted by Crippen LogP contribution is -1.89. The maximum absolute atomic E-state index is 10.5. The fourth-order valence-corrected chi connectivity index (χ4v) is 3.71. The van der Waals surface area contributed by atoms with E-state index < -0.39 is 0 Å². The number of nitrogens with one attached hydrogen (secondary N) is 2. The van der Waals surface area contributed by atoms with Crippen molar-refractivity contribution in [3.8, 4) is 33.9 Å². The third kappa shape index (κ3) is 3.26. The summed E-state index contributed by atoms with van der Waals surface area (Å²) in [5, 5.41) is 1.05. The van der Waals surface area contributed by atoms with Gasteiger partial charge in [-0.3, -0.25) is 4.79 Å². The van der Waals surface area contributed by atoms with Gasteiger partial charge in [0.1, 0.15) is 12.4 Å². The first-order chi connectivity index (χ1) is 14.8. The van der Waals surface area contributed by atoms with Gasteiger partial charge in [0.15, 0.2) is 0 Å². The number of rotatable bonds is 6. The van der Waals surface area contributed by atoms with Crippen molar-refractivity contribution in [1.82, 2.24) is 15.0 Å². The standard InChI is InChI=1S/C25H19N3O2/c29-16-30-15-17-11-12-20-21(14-26-22(20)13-17)25-27-23(18-7-3-1-4-8-18)24(28-25)19-9-5-2-6-10-19/h1-14,16,26H,15H2,(H,27,28). The number of fused-ring (bicyclic) bond motifs is 1. The summed E-state index contributed by atoms with van der Waals surface area (Å²) in [6.07, 6.45) is 1.96. The van der Waals surface area contributed by atoms with Crippen LogP contribution in [-0.4, -0.2) is 21.4 Å². The van der Waals surface area contributed by atoms with E-state index >= 15 is 0 Å². The lowest BCUT2D eigenvalue weighted by Gasteiger charge is -2.02. The van der Waals surface area contributed by atoms with Crippen LogP contribution in [0.1, 0.15) is 5.56 Å². The van der Waals surface area contributed by atoms with E-state index in [2.05, 4.69) is 34.2 Å². The highest BCUT2D eigenvalue weighted by molar-refractivity contribution is 5.95. The van der Waals surface area contributed by atoms with Crippen LogP contribution in [0.5, 0.6) is 0 Å². The maximum atomic E-state index is 10.5. The van der Waals surface area contributed by atoms with Crippen LogP contribution in [0.4, 0.5) is 0 Å². The Hall–Kier alpha value is -4.12. The molecule has 5 aromatic rings. The zero-order valence-electron chi connectivity index (χ0n) is 16.1. The minimum absolute atomic E-state index is 0.255. The smallest absolute Gasteiger partial charge is 0.293 e. The Labute approximate surface area is 173 Å². The number of benzene rings is 3. The molecule has 0 aliphatic carbocycles. The van der Waals surface area contributed by atoms with Gasteiger partial charge in [-0.25, -0.2) is 4.98 Å². The van der Waals surface area contributed by atoms with Crippen LogP contribution in [0.2, 0.25) is 0 Å². The van der Waals surface area contributed by atoms with Crippen LogP contribution >= 0.6 is 0 Å². The van der Waals surface area contributed by atoms with E-state index in [9.17, 15) is 4.79 Å². The molecule has 0 aliphatic heterocycles. The zero-order valence-corrected chi connectivity index (χ0v) is 16.1. The monoisotopic (exact) mass is 393 g/mol. The molecule has 0 aliphatic rings. The van der Waals surface area contributed by atoms with E-state index in [1.54, 1.807) is 0 Å². The Kier molecular flexibility index (Phi) is 4.62. The fourth-order valence-electron chi connectivity index (χ4n) is 3.71. The molecule has 0 amide bonds. The quantitative estimate of drug-likeness (QED) is 0.371. The van der Waals surface area contributed by atoms with Gasteiger partial charge in [-0.05, 0) is 11.6 Å². The van der Waals surface area contributed by atoms with E-state index in [0.29, 0.717) is 6.47 Å². The highest BCUT2D eigenvalue weighted by atomic mass is 16.5. The summed E-state index contributed by atoms with van der Waals surface area (Å²) in [5.74, 6) is 0.802. The van der Waals surface area contributed by atoms with Crippen LogP contribution in [0.3, 0.4) is 0 Å². The van der Waals surface area contributed by atoms with Crippen molar-refractivity contribution in [1.29, 1.82) is 0 Å². The van der Waals surface area contributed by atoms with Crippen LogP contribution in [0, 0.1) is 0 Å². The number of carbonyl (C=O) groups is 1. The second-order valence-corrected chi connectivity index (χ2v) is 7.03. The summed E-state index contributed by atoms with van der Waals surface area (Å²) in [7, 11) is 0. The van der Waals surface area contributed by atoms with E-state index in [1.165, 1.54) is 0 Å². The first-order valence-electron chi connectivity index (χ1n) is 9.70. The first-order valence-corrected chi connectivity index (χ1v) is 9.70. The molecular weight excluding hydrogens is 374 g/mol. The van der Waals surface area contributed by atoms with E-state index in [0.717, 1.165) is 50.4 Å². The summed E-state index contributed by atoms with van der Waals surface area (Å²) in [4.78, 5) is 22.3. The van der Waals surface area contributed by atoms with Gasteiger partial charge in [0.25, 0.3) is 6.47 Å². The van der Waals surface area contributed by atoms with Gasteiger partial charge in [0.2, 0.25) is 0 Å². The summed E-state index contributed by atoms with van der Waals surface area (Å²) in [6.45, 7) is 0.717. The molecule has 0 spiro atoms. The van der Waals surface area contributed by atoms with Gasteiger partial charge in [-0.1, -0.05) is 72.8 Å². The van der Waals surface area contributed by atoms with E-state index in [-0.39, 0.29) is 6.61 Å². The van der Waals surface area contributed by atoms with Crippen LogP contribution in [-0.2, 0) is 16.1 Å². The highest BCUT2D eigenvalue weighted by Gasteiger charge is 2.17. The molecule has 0 fully saturated rings. The van der Waals surface area contributed by atoms with Gasteiger partial charge < -0.3 is 14.7 Å². The molecule has 3 aromatic carbocycles. The zero-order chi connectivity index (χ0) is 20.3. The lowest BCUT2D eigenvalue weighted by atomic mass is 10.1. The number of aromatic amines is 2. The Bertz CT molecular complexity index is 1250. The topological polar surface area (TPSA) is 70.8 Å². The van der Waals surface area contributed by atoms with Crippen LogP contribution in [0.15, 0.2) is 85.1 Å². The Morgan fingerprint density at radius 2 is 1.63 bits per heavy atom. The molecule has 5 rings (SSSR count). The predicted molar refractivity (Wildman–Crippen MR) is 118 cm³/mol. The number of imidazole rings is 1. The predicted octanol–water partition coefficient (Wildman–Crippen LogP) is 5.57. The highest BCUT2D eigenvalue weighted by Crippen LogP contribution is 2.35. The summed E-state index contributed by atoms with van der Waals surface area (Å²) in [5.41, 5.74) is 6.94. The Balaban J connectivity index is 1.63. The summed E-state index contributed by atoms with van der Waals surface area (Å²) in [6, 6.07) is 26.4. The van der Waals surface area contributed by atoms with Gasteiger partial charge in [0, 0.05) is 33.8 Å². The third-order valence-corrected chi connectivity index (χ3v) is 5.13. The second kappa shape index (κ2) is 7.72. The van der Waals surface area contributed by atoms with Crippen molar-refractivity contribution >= 4 is 17.4 Å². The van der Waals surface area contributed by atoms with Crippen molar-refractivity contribution in [3.05, 3.63) is 90.6 Å². The number of hydrogen-bond donors (Lipinski definition) is 2. The summed E-state index contributed by atoms with van der Waals surface area (Å²) >= 11 is 0. The minimum atomic E-state index is 0.255. The molecule has 5 nitrogen and oxygen atoms in total. The molecule has 2 aromatic heterocycles. The van der Waals surface area contributed by atoms with E-state index in [4.69, 9.17) is 9.72 Å². The molecule has 0 radical (unpaired) electrons. The second-order valence-electron chi connectivity index (χ2n) is 7.03. The molecule has 30 heavy (non-hydrogen) atoms. The molecular formula is C25H19N3O2. The molecule has 0 saturated heterocycles. The van der Waals surface area contributed by atoms with Crippen molar-refractivity contribution < 1.29 is 9.53 Å². The number of carbonyl (C=O) groups excluding carboxylic acids is 1. The van der Waals surface area contributed by atoms with Crippen molar-refractivity contribution in [3.63, 3.8) is 0 Å². The molecule has 0 saturated carbocycles. The molecule has 5 heteroatoms. The Morgan fingerprint density at radius 3 is 2.37 bits per heavy atom. The van der Waals surface area contributed by atoms with E-state index in [1.807, 2.05) is 60.8 Å². The van der Waals surface area contributed by atoms with Crippen LogP contribution < -0.4 is 0 Å². The van der Waals surface area contributed by atoms with Gasteiger partial charge >= 0.3 is 0 Å². The largest absolute Gasteiger partial charge is 0.463 e. The number of aromatic nitrogens is 3. The molecule has 0 unspecified atom stereocenters. The molecule has 0 atom stereocenters. The third-order valence-electron chi connectivity index (χ3n) is 5.13. The SMILES string of the molecule is O=COCc1ccc2c(-c3nc(-c4ccccc4)c(-c4ccccc4)[nH]3)c[nH]c2c1. The van der Waals surface area contributed by atoms with Crippen molar-refractivity contribution in [2.45, 2.75) is 6.61 Å². The van der Waals surface area contributed by atoms with Gasteiger partial charge in [-0.2, -0.15) is 0 Å². The first kappa shape index (κ1) is 17.9. The van der Waals surface area contributed by atoms with Gasteiger partial charge in [0.05, 0.1) is 11.4 Å². The van der Waals surface area contributed by atoms with Gasteiger partial charge in [-0.15, -0.1) is 0 Å². The van der Waals surface area contributed by atoms with Crippen LogP contribution in [0.25, 0.3) is 44.8 Å². The number of ether oxygens (including phenoxy) is 1. The minimum Gasteiger partial charge on any atom is -0.463 e. The number of nitrogens with zero attached hydrogens (tertiary/aromatic N) is 1. The summed E-state index contributed by atoms with van der Waals surface area (Å²) < 4.78 is 4.86. The fraction of sp³-hybridized carbons (Fsp3) is 0.0400. The molecule has 0 bridgehead atoms. The van der Waals surface area contributed by atoms with Crippen molar-refractivity contribution in [2.24, 2.45) is 0 Å². The molecule has 2 N–H and O–H groups in total.